The lowest BCUT2D eigenvalue weighted by Gasteiger charge is -2.06. The molecule has 6 heteroatoms. The standard InChI is InChI=1S/C22H18FN3O2/c1-26-21(12-20(25-26)17-6-8-19(23)9-7-17)22(27)24-13-15-2-4-16(5-3-15)18-10-11-28-14-18/h2-12,14H,13H2,1H3,(H,24,27). The zero-order valence-electron chi connectivity index (χ0n) is 15.2. The van der Waals surface area contributed by atoms with Crippen molar-refractivity contribution >= 4 is 5.91 Å². The average molecular weight is 375 g/mol. The van der Waals surface area contributed by atoms with E-state index < -0.39 is 0 Å². The molecule has 5 nitrogen and oxygen atoms in total. The molecule has 0 aliphatic carbocycles. The molecule has 0 radical (unpaired) electrons. The number of nitrogens with zero attached hydrogens (tertiary/aromatic N) is 2. The van der Waals surface area contributed by atoms with Gasteiger partial charge in [0.05, 0.1) is 18.2 Å². The number of halogens is 1. The molecule has 0 aliphatic heterocycles. The van der Waals surface area contributed by atoms with Gasteiger partial charge in [-0.1, -0.05) is 24.3 Å². The molecule has 0 atom stereocenters. The van der Waals surface area contributed by atoms with Crippen molar-refractivity contribution < 1.29 is 13.6 Å². The van der Waals surface area contributed by atoms with Gasteiger partial charge in [-0.05, 0) is 47.5 Å². The predicted octanol–water partition coefficient (Wildman–Crippen LogP) is 4.42. The lowest BCUT2D eigenvalue weighted by Crippen LogP contribution is -2.25. The Morgan fingerprint density at radius 2 is 1.75 bits per heavy atom. The van der Waals surface area contributed by atoms with E-state index in [2.05, 4.69) is 10.4 Å². The first kappa shape index (κ1) is 17.7. The fourth-order valence-electron chi connectivity index (χ4n) is 2.96. The molecule has 0 saturated heterocycles. The molecule has 0 aliphatic rings. The first-order valence-corrected chi connectivity index (χ1v) is 8.80. The van der Waals surface area contributed by atoms with Crippen LogP contribution in [0.3, 0.4) is 0 Å². The van der Waals surface area contributed by atoms with Gasteiger partial charge in [0.25, 0.3) is 5.91 Å². The quantitative estimate of drug-likeness (QED) is 0.562. The first-order chi connectivity index (χ1) is 13.6. The van der Waals surface area contributed by atoms with E-state index in [1.807, 2.05) is 30.3 Å². The number of nitrogens with one attached hydrogen (secondary N) is 1. The van der Waals surface area contributed by atoms with Crippen LogP contribution < -0.4 is 5.32 Å². The van der Waals surface area contributed by atoms with Crippen molar-refractivity contribution in [2.45, 2.75) is 6.54 Å². The van der Waals surface area contributed by atoms with Gasteiger partial charge in [0.15, 0.2) is 0 Å². The highest BCUT2D eigenvalue weighted by Crippen LogP contribution is 2.21. The molecule has 0 fully saturated rings. The van der Waals surface area contributed by atoms with Crippen molar-refractivity contribution in [3.05, 3.63) is 90.3 Å². The summed E-state index contributed by atoms with van der Waals surface area (Å²) in [6.45, 7) is 0.404. The fourth-order valence-corrected chi connectivity index (χ4v) is 2.96. The minimum absolute atomic E-state index is 0.220. The van der Waals surface area contributed by atoms with E-state index in [-0.39, 0.29) is 11.7 Å². The molecule has 140 valence electrons. The number of amides is 1. The number of aromatic nitrogens is 2. The summed E-state index contributed by atoms with van der Waals surface area (Å²) >= 11 is 0. The Balaban J connectivity index is 1.43. The molecule has 0 saturated carbocycles. The normalized spacial score (nSPS) is 10.8. The van der Waals surface area contributed by atoms with Gasteiger partial charge in [-0.25, -0.2) is 4.39 Å². The van der Waals surface area contributed by atoms with E-state index in [0.29, 0.717) is 17.9 Å². The highest BCUT2D eigenvalue weighted by atomic mass is 19.1. The highest BCUT2D eigenvalue weighted by molar-refractivity contribution is 5.93. The zero-order valence-corrected chi connectivity index (χ0v) is 15.2. The van der Waals surface area contributed by atoms with Gasteiger partial charge in [0.2, 0.25) is 0 Å². The fraction of sp³-hybridized carbons (Fsp3) is 0.0909. The van der Waals surface area contributed by atoms with Gasteiger partial charge in [-0.15, -0.1) is 0 Å². The number of hydrogen-bond donors (Lipinski definition) is 1. The number of carbonyl (C=O) groups is 1. The molecule has 28 heavy (non-hydrogen) atoms. The predicted molar refractivity (Wildman–Crippen MR) is 104 cm³/mol. The molecule has 2 aromatic heterocycles. The molecule has 0 spiro atoms. The number of benzene rings is 2. The number of carbonyl (C=O) groups excluding carboxylic acids is 1. The van der Waals surface area contributed by atoms with Gasteiger partial charge in [0.1, 0.15) is 11.5 Å². The van der Waals surface area contributed by atoms with Crippen LogP contribution in [0.2, 0.25) is 0 Å². The van der Waals surface area contributed by atoms with Gasteiger partial charge in [-0.3, -0.25) is 9.48 Å². The Morgan fingerprint density at radius 1 is 1.04 bits per heavy atom. The number of rotatable bonds is 5. The topological polar surface area (TPSA) is 60.1 Å². The van der Waals surface area contributed by atoms with Crippen LogP contribution >= 0.6 is 0 Å². The summed E-state index contributed by atoms with van der Waals surface area (Å²) in [5, 5.41) is 7.26. The molecule has 2 aromatic carbocycles. The van der Waals surface area contributed by atoms with Crippen LogP contribution in [0.5, 0.6) is 0 Å². The van der Waals surface area contributed by atoms with E-state index in [4.69, 9.17) is 4.42 Å². The van der Waals surface area contributed by atoms with Crippen molar-refractivity contribution in [1.82, 2.24) is 15.1 Å². The van der Waals surface area contributed by atoms with Crippen molar-refractivity contribution in [3.8, 4) is 22.4 Å². The van der Waals surface area contributed by atoms with Crippen LogP contribution in [0.4, 0.5) is 4.39 Å². The van der Waals surface area contributed by atoms with E-state index in [1.165, 1.54) is 16.8 Å². The Bertz CT molecular complexity index is 1080. The van der Waals surface area contributed by atoms with Crippen LogP contribution in [0.25, 0.3) is 22.4 Å². The summed E-state index contributed by atoms with van der Waals surface area (Å²) in [5.74, 6) is -0.529. The smallest absolute Gasteiger partial charge is 0.269 e. The molecule has 0 unspecified atom stereocenters. The Hall–Kier alpha value is -3.67. The molecule has 4 aromatic rings. The van der Waals surface area contributed by atoms with Gasteiger partial charge >= 0.3 is 0 Å². The van der Waals surface area contributed by atoms with Crippen LogP contribution in [-0.4, -0.2) is 15.7 Å². The maximum absolute atomic E-state index is 13.1. The second-order valence-electron chi connectivity index (χ2n) is 6.44. The van der Waals surface area contributed by atoms with Crippen molar-refractivity contribution in [2.24, 2.45) is 7.05 Å². The van der Waals surface area contributed by atoms with Crippen molar-refractivity contribution in [1.29, 1.82) is 0 Å². The number of furan rings is 1. The van der Waals surface area contributed by atoms with Gasteiger partial charge < -0.3 is 9.73 Å². The Labute approximate surface area is 161 Å². The second kappa shape index (κ2) is 7.52. The van der Waals surface area contributed by atoms with E-state index >= 15 is 0 Å². The second-order valence-corrected chi connectivity index (χ2v) is 6.44. The summed E-state index contributed by atoms with van der Waals surface area (Å²) in [7, 11) is 1.71. The zero-order chi connectivity index (χ0) is 19.5. The average Bonchev–Trinajstić information content (AvgIpc) is 3.37. The summed E-state index contributed by atoms with van der Waals surface area (Å²) in [5.41, 5.74) is 4.87. The Morgan fingerprint density at radius 3 is 2.43 bits per heavy atom. The summed E-state index contributed by atoms with van der Waals surface area (Å²) in [6.07, 6.45) is 3.33. The SMILES string of the molecule is Cn1nc(-c2ccc(F)cc2)cc1C(=O)NCc1ccc(-c2ccoc2)cc1. The molecule has 1 amide bonds. The molecular weight excluding hydrogens is 357 g/mol. The maximum atomic E-state index is 13.1. The van der Waals surface area contributed by atoms with Gasteiger partial charge in [0, 0.05) is 24.7 Å². The lowest BCUT2D eigenvalue weighted by atomic mass is 10.1. The van der Waals surface area contributed by atoms with Crippen LogP contribution in [-0.2, 0) is 13.6 Å². The molecular formula is C22H18FN3O2. The molecule has 2 heterocycles. The van der Waals surface area contributed by atoms with E-state index in [0.717, 1.165) is 22.3 Å². The minimum Gasteiger partial charge on any atom is -0.472 e. The third kappa shape index (κ3) is 3.71. The van der Waals surface area contributed by atoms with Gasteiger partial charge in [-0.2, -0.15) is 5.10 Å². The van der Waals surface area contributed by atoms with Crippen molar-refractivity contribution in [2.75, 3.05) is 0 Å². The Kier molecular flexibility index (Phi) is 4.76. The third-order valence-electron chi connectivity index (χ3n) is 4.51. The molecule has 4 rings (SSSR count). The monoisotopic (exact) mass is 375 g/mol. The summed E-state index contributed by atoms with van der Waals surface area (Å²) < 4.78 is 19.7. The van der Waals surface area contributed by atoms with Crippen LogP contribution in [0, 0.1) is 5.82 Å². The largest absolute Gasteiger partial charge is 0.472 e. The summed E-state index contributed by atoms with van der Waals surface area (Å²) in [6, 6.07) is 17.5. The lowest BCUT2D eigenvalue weighted by molar-refractivity contribution is 0.0941. The van der Waals surface area contributed by atoms with E-state index in [1.54, 1.807) is 37.8 Å². The first-order valence-electron chi connectivity index (χ1n) is 8.80. The minimum atomic E-state index is -0.309. The van der Waals surface area contributed by atoms with Crippen LogP contribution in [0.1, 0.15) is 16.1 Å². The number of hydrogen-bond acceptors (Lipinski definition) is 3. The molecule has 0 bridgehead atoms. The van der Waals surface area contributed by atoms with Crippen LogP contribution in [0.15, 0.2) is 77.6 Å². The van der Waals surface area contributed by atoms with E-state index in [9.17, 15) is 9.18 Å². The highest BCUT2D eigenvalue weighted by Gasteiger charge is 2.14. The third-order valence-corrected chi connectivity index (χ3v) is 4.51. The number of aryl methyl sites for hydroxylation is 1. The maximum Gasteiger partial charge on any atom is 0.269 e. The summed E-state index contributed by atoms with van der Waals surface area (Å²) in [4.78, 5) is 12.5. The van der Waals surface area contributed by atoms with Crippen molar-refractivity contribution in [3.63, 3.8) is 0 Å². The molecule has 1 N–H and O–H groups in total.